The van der Waals surface area contributed by atoms with Gasteiger partial charge < -0.3 is 27.0 Å². The van der Waals surface area contributed by atoms with Crippen LogP contribution < -0.4 is 22.1 Å². The Morgan fingerprint density at radius 3 is 2.21 bits per heavy atom. The summed E-state index contributed by atoms with van der Waals surface area (Å²) in [6, 6.07) is 20.9. The molecule has 0 bridgehead atoms. The van der Waals surface area contributed by atoms with Crippen LogP contribution in [0.2, 0.25) is 5.02 Å². The van der Waals surface area contributed by atoms with E-state index < -0.39 is 5.54 Å². The molecule has 0 atom stereocenters. The van der Waals surface area contributed by atoms with Crippen molar-refractivity contribution >= 4 is 40.6 Å². The van der Waals surface area contributed by atoms with E-state index in [0.29, 0.717) is 47.2 Å². The first-order chi connectivity index (χ1) is 16.2. The van der Waals surface area contributed by atoms with Gasteiger partial charge >= 0.3 is 6.03 Å². The second-order valence-corrected chi connectivity index (χ2v) is 9.05. The number of amides is 3. The Balaban J connectivity index is 1.75. The minimum atomic E-state index is -0.494. The maximum atomic E-state index is 13.2. The van der Waals surface area contributed by atoms with E-state index in [4.69, 9.17) is 23.1 Å². The monoisotopic (exact) mass is 479 g/mol. The van der Waals surface area contributed by atoms with E-state index >= 15 is 0 Å². The third-order valence-electron chi connectivity index (χ3n) is 5.59. The third kappa shape index (κ3) is 6.50. The minimum absolute atomic E-state index is 0.248. The zero-order valence-electron chi connectivity index (χ0n) is 19.3. The Morgan fingerprint density at radius 2 is 1.59 bits per heavy atom. The molecule has 0 unspecified atom stereocenters. The molecule has 3 rings (SSSR count). The van der Waals surface area contributed by atoms with Crippen LogP contribution in [0.1, 0.15) is 36.2 Å². The predicted octanol–water partition coefficient (Wildman–Crippen LogP) is 5.34. The lowest BCUT2D eigenvalue weighted by Gasteiger charge is -2.38. The molecule has 0 fully saturated rings. The first kappa shape index (κ1) is 25.1. The van der Waals surface area contributed by atoms with E-state index in [-0.39, 0.29) is 11.9 Å². The predicted molar refractivity (Wildman–Crippen MR) is 139 cm³/mol. The third-order valence-corrected chi connectivity index (χ3v) is 5.85. The summed E-state index contributed by atoms with van der Waals surface area (Å²) in [7, 11) is 0. The molecule has 7 nitrogen and oxygen atoms in total. The fraction of sp³-hybridized carbons (Fsp3) is 0.231. The van der Waals surface area contributed by atoms with Gasteiger partial charge in [0.05, 0.1) is 11.4 Å². The van der Waals surface area contributed by atoms with Gasteiger partial charge in [-0.1, -0.05) is 35.9 Å². The van der Waals surface area contributed by atoms with Crippen LogP contribution in [0, 0.1) is 0 Å². The zero-order chi connectivity index (χ0) is 24.7. The van der Waals surface area contributed by atoms with Gasteiger partial charge in [0.15, 0.2) is 0 Å². The highest BCUT2D eigenvalue weighted by molar-refractivity contribution is 6.30. The molecule has 6 N–H and O–H groups in total. The topological polar surface area (TPSA) is 113 Å². The smallest absolute Gasteiger partial charge is 0.322 e. The number of nitrogens with one attached hydrogen (secondary N) is 2. The summed E-state index contributed by atoms with van der Waals surface area (Å²) in [6.45, 7) is 4.75. The van der Waals surface area contributed by atoms with Crippen LogP contribution in [0.3, 0.4) is 0 Å². The van der Waals surface area contributed by atoms with Crippen LogP contribution in [0.5, 0.6) is 0 Å². The van der Waals surface area contributed by atoms with Crippen molar-refractivity contribution in [1.82, 2.24) is 4.90 Å². The second-order valence-electron chi connectivity index (χ2n) is 8.61. The molecule has 0 aliphatic heterocycles. The number of anilines is 3. The number of nitrogen functional groups attached to an aromatic ring is 1. The van der Waals surface area contributed by atoms with Gasteiger partial charge in [0, 0.05) is 28.4 Å². The van der Waals surface area contributed by atoms with E-state index in [0.717, 1.165) is 5.56 Å². The number of nitrogens with zero attached hydrogens (tertiary/aromatic N) is 1. The second kappa shape index (κ2) is 11.0. The maximum Gasteiger partial charge on any atom is 0.322 e. The molecule has 0 aromatic heterocycles. The Hall–Kier alpha value is -3.55. The molecule has 3 aromatic carbocycles. The first-order valence-corrected chi connectivity index (χ1v) is 11.4. The lowest BCUT2D eigenvalue weighted by atomic mass is 9.97. The Labute approximate surface area is 205 Å². The molecule has 0 aliphatic carbocycles. The van der Waals surface area contributed by atoms with Crippen molar-refractivity contribution in [3.63, 3.8) is 0 Å². The number of carbonyl (C=O) groups excluding carboxylic acids is 2. The number of hydrogen-bond acceptors (Lipinski definition) is 4. The molecule has 0 aliphatic rings. The molecule has 8 heteroatoms. The van der Waals surface area contributed by atoms with Crippen molar-refractivity contribution in [3.05, 3.63) is 88.9 Å². The van der Waals surface area contributed by atoms with Crippen LogP contribution in [0.15, 0.2) is 72.8 Å². The van der Waals surface area contributed by atoms with Crippen molar-refractivity contribution < 1.29 is 9.59 Å². The molecule has 34 heavy (non-hydrogen) atoms. The number of para-hydroxylation sites is 2. The summed E-state index contributed by atoms with van der Waals surface area (Å²) in [6.07, 6.45) is 0.625. The first-order valence-electron chi connectivity index (χ1n) is 11.0. The number of carbonyl (C=O) groups is 2. The lowest BCUT2D eigenvalue weighted by Crippen LogP contribution is -2.50. The van der Waals surface area contributed by atoms with Crippen molar-refractivity contribution in [2.45, 2.75) is 32.4 Å². The van der Waals surface area contributed by atoms with Gasteiger partial charge in [-0.15, -0.1) is 0 Å². The summed E-state index contributed by atoms with van der Waals surface area (Å²) in [5, 5.41) is 6.34. The molecule has 3 amide bonds. The van der Waals surface area contributed by atoms with Crippen LogP contribution in [0.4, 0.5) is 21.9 Å². The Kier molecular flexibility index (Phi) is 8.15. The number of nitrogens with two attached hydrogens (primary N) is 2. The standard InChI is InChI=1S/C26H30ClN5O2/c1-26(2,15-16-28)32(25(34)30-21-13-11-20(27)12-14-21)17-18-7-9-19(10-8-18)24(33)31-23-6-4-3-5-22(23)29/h3-14H,15-17,28-29H2,1-2H3,(H,30,34)(H,31,33). The van der Waals surface area contributed by atoms with Gasteiger partial charge in [-0.25, -0.2) is 4.79 Å². The highest BCUT2D eigenvalue weighted by Gasteiger charge is 2.30. The molecular formula is C26H30ClN5O2. The number of rotatable bonds is 8. The highest BCUT2D eigenvalue weighted by Crippen LogP contribution is 2.24. The van der Waals surface area contributed by atoms with Gasteiger partial charge in [-0.05, 0) is 80.9 Å². The number of hydrogen-bond donors (Lipinski definition) is 4. The zero-order valence-corrected chi connectivity index (χ0v) is 20.1. The summed E-state index contributed by atoms with van der Waals surface area (Å²) < 4.78 is 0. The Morgan fingerprint density at radius 1 is 0.941 bits per heavy atom. The molecule has 3 aromatic rings. The number of urea groups is 1. The molecule has 178 valence electrons. The summed E-state index contributed by atoms with van der Waals surface area (Å²) >= 11 is 5.95. The van der Waals surface area contributed by atoms with Crippen molar-refractivity contribution in [3.8, 4) is 0 Å². The van der Waals surface area contributed by atoms with Crippen molar-refractivity contribution in [1.29, 1.82) is 0 Å². The molecular weight excluding hydrogens is 450 g/mol. The van der Waals surface area contributed by atoms with E-state index in [9.17, 15) is 9.59 Å². The van der Waals surface area contributed by atoms with Crippen molar-refractivity contribution in [2.24, 2.45) is 5.73 Å². The van der Waals surface area contributed by atoms with Crippen molar-refractivity contribution in [2.75, 3.05) is 22.9 Å². The molecule has 0 spiro atoms. The summed E-state index contributed by atoms with van der Waals surface area (Å²) in [5.74, 6) is -0.259. The van der Waals surface area contributed by atoms with Crippen LogP contribution >= 0.6 is 11.6 Å². The van der Waals surface area contributed by atoms with Gasteiger partial charge in [-0.3, -0.25) is 4.79 Å². The largest absolute Gasteiger partial charge is 0.397 e. The fourth-order valence-electron chi connectivity index (χ4n) is 3.52. The van der Waals surface area contributed by atoms with E-state index in [2.05, 4.69) is 10.6 Å². The number of benzene rings is 3. The van der Waals surface area contributed by atoms with E-state index in [1.807, 2.05) is 32.0 Å². The van der Waals surface area contributed by atoms with Gasteiger partial charge in [0.2, 0.25) is 0 Å². The number of halogens is 1. The summed E-state index contributed by atoms with van der Waals surface area (Å²) in [4.78, 5) is 27.6. The molecule has 0 heterocycles. The average Bonchev–Trinajstić information content (AvgIpc) is 2.80. The average molecular weight is 480 g/mol. The lowest BCUT2D eigenvalue weighted by molar-refractivity contribution is 0.102. The summed E-state index contributed by atoms with van der Waals surface area (Å²) in [5.41, 5.74) is 14.3. The Bertz CT molecular complexity index is 1130. The highest BCUT2D eigenvalue weighted by atomic mass is 35.5. The van der Waals surface area contributed by atoms with E-state index in [1.165, 1.54) is 0 Å². The molecule has 0 radical (unpaired) electrons. The quantitative estimate of drug-likeness (QED) is 0.327. The normalized spacial score (nSPS) is 11.1. The fourth-order valence-corrected chi connectivity index (χ4v) is 3.65. The van der Waals surface area contributed by atoms with E-state index in [1.54, 1.807) is 59.5 Å². The van der Waals surface area contributed by atoms with Crippen LogP contribution in [0.25, 0.3) is 0 Å². The van der Waals surface area contributed by atoms with Gasteiger partial charge in [-0.2, -0.15) is 0 Å². The van der Waals surface area contributed by atoms with Crippen LogP contribution in [-0.4, -0.2) is 28.9 Å². The SMILES string of the molecule is CC(C)(CCN)N(Cc1ccc(C(=O)Nc2ccccc2N)cc1)C(=O)Nc1ccc(Cl)cc1. The van der Waals surface area contributed by atoms with Gasteiger partial charge in [0.1, 0.15) is 0 Å². The molecule has 0 saturated carbocycles. The van der Waals surface area contributed by atoms with Gasteiger partial charge in [0.25, 0.3) is 5.91 Å². The van der Waals surface area contributed by atoms with Crippen LogP contribution in [-0.2, 0) is 6.54 Å². The molecule has 0 saturated heterocycles. The maximum absolute atomic E-state index is 13.2. The minimum Gasteiger partial charge on any atom is -0.397 e.